The summed E-state index contributed by atoms with van der Waals surface area (Å²) in [5, 5.41) is 2.66. The van der Waals surface area contributed by atoms with Crippen LogP contribution in [-0.2, 0) is 34.0 Å². The van der Waals surface area contributed by atoms with Gasteiger partial charge in [0, 0.05) is 49.2 Å². The molecule has 7 aliphatic rings. The molecular formula is C45H72N4O7S. The standard InChI is InChI=1S/C45H72N4O7S/c1-7-13-30(40(53)47-57(55,56)33-19-20-33)24-36(50)35-26-45(43(5,6)44(45)21-12-22-44)28-49(35)41(54)34(29-14-9-8-10-15-29)25-37(51)38(42(2,3)4)46-39(52)31-16-11-23-48(27-31)32-17-18-32/h29-35,38H,7-28H2,1-6H3,(H,46,52)(H,47,53)/t30-,31-,34+,35+,38-,45-/m1/s1. The van der Waals surface area contributed by atoms with E-state index in [1.807, 2.05) is 32.6 Å². The molecule has 2 saturated heterocycles. The van der Waals surface area contributed by atoms with Gasteiger partial charge in [-0.05, 0) is 106 Å². The van der Waals surface area contributed by atoms with Gasteiger partial charge in [0.25, 0.3) is 0 Å². The first-order valence-corrected chi connectivity index (χ1v) is 24.4. The first kappa shape index (κ1) is 42.8. The Morgan fingerprint density at radius 1 is 0.842 bits per heavy atom. The number of rotatable bonds is 16. The summed E-state index contributed by atoms with van der Waals surface area (Å²) in [6.45, 7) is 14.7. The van der Waals surface area contributed by atoms with Gasteiger partial charge in [-0.3, -0.25) is 33.6 Å². The number of hydrogen-bond donors (Lipinski definition) is 2. The summed E-state index contributed by atoms with van der Waals surface area (Å²) in [7, 11) is -3.77. The van der Waals surface area contributed by atoms with Gasteiger partial charge in [0.1, 0.15) is 0 Å². The lowest BCUT2D eigenvalue weighted by Gasteiger charge is -2.38. The van der Waals surface area contributed by atoms with Gasteiger partial charge in [-0.1, -0.05) is 73.6 Å². The van der Waals surface area contributed by atoms with Crippen molar-refractivity contribution in [2.24, 2.45) is 45.3 Å². The topological polar surface area (TPSA) is 150 Å². The van der Waals surface area contributed by atoms with Gasteiger partial charge >= 0.3 is 0 Å². The lowest BCUT2D eigenvalue weighted by molar-refractivity contribution is -0.146. The van der Waals surface area contributed by atoms with E-state index in [0.29, 0.717) is 44.7 Å². The number of sulfonamides is 1. The van der Waals surface area contributed by atoms with Crippen LogP contribution in [0.5, 0.6) is 0 Å². The van der Waals surface area contributed by atoms with Gasteiger partial charge in [0.15, 0.2) is 11.6 Å². The van der Waals surface area contributed by atoms with Crippen LogP contribution in [0.3, 0.4) is 0 Å². The zero-order chi connectivity index (χ0) is 41.1. The molecule has 0 aromatic heterocycles. The molecule has 7 rings (SSSR count). The van der Waals surface area contributed by atoms with Crippen LogP contribution in [0, 0.1) is 45.3 Å². The monoisotopic (exact) mass is 813 g/mol. The van der Waals surface area contributed by atoms with Crippen molar-refractivity contribution in [3.05, 3.63) is 0 Å². The van der Waals surface area contributed by atoms with Gasteiger partial charge in [-0.15, -0.1) is 0 Å². The first-order chi connectivity index (χ1) is 26.9. The summed E-state index contributed by atoms with van der Waals surface area (Å²) in [5.74, 6) is -2.71. The highest BCUT2D eigenvalue weighted by Gasteiger charge is 2.85. The Bertz CT molecular complexity index is 1690. The third-order valence-corrected chi connectivity index (χ3v) is 18.3. The number of likely N-dealkylation sites (tertiary alicyclic amines) is 2. The van der Waals surface area contributed by atoms with Crippen molar-refractivity contribution in [3.8, 4) is 0 Å². The SMILES string of the molecule is CCC[C@H](CC(=O)[C@@H]1C[C@@]2(CN1C(=O)[C@@H](CC(=O)[C@@H](NC(=O)[C@@H]1CCCN(C3CC3)C1)C(C)(C)C)C1CCCCC1)C(C)(C)C21CCC1)C(=O)NS(=O)(=O)C1CC1. The smallest absolute Gasteiger partial charge is 0.237 e. The number of nitrogens with zero attached hydrogens (tertiary/aromatic N) is 2. The summed E-state index contributed by atoms with van der Waals surface area (Å²) in [4.78, 5) is 76.3. The largest absolute Gasteiger partial charge is 0.345 e. The van der Waals surface area contributed by atoms with E-state index in [4.69, 9.17) is 0 Å². The zero-order valence-corrected chi connectivity index (χ0v) is 36.7. The van der Waals surface area contributed by atoms with E-state index in [1.165, 1.54) is 12.8 Å². The second-order valence-corrected chi connectivity index (χ2v) is 23.2. The van der Waals surface area contributed by atoms with Crippen LogP contribution in [0.25, 0.3) is 0 Å². The highest BCUT2D eigenvalue weighted by molar-refractivity contribution is 7.90. The van der Waals surface area contributed by atoms with Crippen molar-refractivity contribution in [1.29, 1.82) is 0 Å². The molecule has 6 atom stereocenters. The summed E-state index contributed by atoms with van der Waals surface area (Å²) in [6, 6.07) is -0.894. The molecule has 0 bridgehead atoms. The molecule has 2 spiro atoms. The fourth-order valence-electron chi connectivity index (χ4n) is 12.4. The number of carbonyl (C=O) groups excluding carboxylic acids is 5. The molecule has 5 aliphatic carbocycles. The fourth-order valence-corrected chi connectivity index (χ4v) is 13.8. The lowest BCUT2D eigenvalue weighted by Crippen LogP contribution is -2.54. The quantitative estimate of drug-likeness (QED) is 0.184. The van der Waals surface area contributed by atoms with Crippen molar-refractivity contribution in [3.63, 3.8) is 0 Å². The lowest BCUT2D eigenvalue weighted by atomic mass is 9.73. The molecule has 5 saturated carbocycles. The Morgan fingerprint density at radius 2 is 1.53 bits per heavy atom. The molecular weight excluding hydrogens is 741 g/mol. The number of piperidine rings is 1. The van der Waals surface area contributed by atoms with Gasteiger partial charge in [0.2, 0.25) is 27.7 Å². The summed E-state index contributed by atoms with van der Waals surface area (Å²) in [5.41, 5.74) is -0.776. The van der Waals surface area contributed by atoms with E-state index in [9.17, 15) is 27.6 Å². The predicted octanol–water partition coefficient (Wildman–Crippen LogP) is 6.33. The summed E-state index contributed by atoms with van der Waals surface area (Å²) in [6.07, 6.45) is 14.7. The maximum Gasteiger partial charge on any atom is 0.237 e. The van der Waals surface area contributed by atoms with Crippen molar-refractivity contribution in [2.75, 3.05) is 19.6 Å². The van der Waals surface area contributed by atoms with Crippen molar-refractivity contribution < 1.29 is 32.4 Å². The predicted molar refractivity (Wildman–Crippen MR) is 219 cm³/mol. The van der Waals surface area contributed by atoms with Crippen LogP contribution in [0.4, 0.5) is 0 Å². The van der Waals surface area contributed by atoms with Crippen LogP contribution in [0.2, 0.25) is 0 Å². The van der Waals surface area contributed by atoms with Gasteiger partial charge in [-0.2, -0.15) is 0 Å². The molecule has 3 amide bonds. The van der Waals surface area contributed by atoms with Crippen LogP contribution in [0.15, 0.2) is 0 Å². The molecule has 2 heterocycles. The van der Waals surface area contributed by atoms with Crippen molar-refractivity contribution in [2.45, 2.75) is 187 Å². The fraction of sp³-hybridized carbons (Fsp3) is 0.889. The van der Waals surface area contributed by atoms with E-state index in [-0.39, 0.29) is 64.3 Å². The molecule has 0 unspecified atom stereocenters. The second-order valence-electron chi connectivity index (χ2n) is 21.2. The van der Waals surface area contributed by atoms with Crippen LogP contribution in [-0.4, -0.2) is 90.5 Å². The minimum atomic E-state index is -3.77. The average molecular weight is 813 g/mol. The molecule has 0 aromatic carbocycles. The van der Waals surface area contributed by atoms with Crippen LogP contribution < -0.4 is 10.0 Å². The number of hydrogen-bond acceptors (Lipinski definition) is 8. The maximum absolute atomic E-state index is 15.4. The number of Topliss-reactive ketones (excluding diaryl/α,β-unsaturated/α-hetero) is 2. The van der Waals surface area contributed by atoms with Gasteiger partial charge in [-0.25, -0.2) is 8.42 Å². The van der Waals surface area contributed by atoms with E-state index in [0.717, 1.165) is 77.3 Å². The van der Waals surface area contributed by atoms with E-state index in [2.05, 4.69) is 28.8 Å². The molecule has 0 radical (unpaired) electrons. The maximum atomic E-state index is 15.4. The number of fused-ring (bicyclic) bond motifs is 1. The van der Waals surface area contributed by atoms with E-state index < -0.39 is 50.5 Å². The zero-order valence-electron chi connectivity index (χ0n) is 35.8. The highest BCUT2D eigenvalue weighted by atomic mass is 32.2. The average Bonchev–Trinajstić information content (AvgIpc) is 4.07. The Balaban J connectivity index is 1.13. The Morgan fingerprint density at radius 3 is 2.09 bits per heavy atom. The molecule has 2 N–H and O–H groups in total. The minimum absolute atomic E-state index is 0.000362. The molecule has 2 aliphatic heterocycles. The van der Waals surface area contributed by atoms with Crippen molar-refractivity contribution in [1.82, 2.24) is 19.8 Å². The van der Waals surface area contributed by atoms with Crippen LogP contribution in [0.1, 0.15) is 164 Å². The molecule has 57 heavy (non-hydrogen) atoms. The van der Waals surface area contributed by atoms with Gasteiger partial charge in [0.05, 0.1) is 23.3 Å². The molecule has 320 valence electrons. The Hall–Kier alpha value is -2.34. The molecule has 12 heteroatoms. The molecule has 7 fully saturated rings. The van der Waals surface area contributed by atoms with Gasteiger partial charge < -0.3 is 10.2 Å². The second kappa shape index (κ2) is 15.9. The minimum Gasteiger partial charge on any atom is -0.345 e. The summed E-state index contributed by atoms with van der Waals surface area (Å²) >= 11 is 0. The summed E-state index contributed by atoms with van der Waals surface area (Å²) < 4.78 is 27.8. The number of amides is 3. The highest BCUT2D eigenvalue weighted by Crippen LogP contribution is 2.88. The number of carbonyl (C=O) groups is 5. The third-order valence-electron chi connectivity index (χ3n) is 16.4. The van der Waals surface area contributed by atoms with E-state index >= 15 is 4.79 Å². The Kier molecular flexibility index (Phi) is 12.0. The molecule has 0 aromatic rings. The number of nitrogens with one attached hydrogen (secondary N) is 2. The Labute approximate surface area is 342 Å². The van der Waals surface area contributed by atoms with Crippen LogP contribution >= 0.6 is 0 Å². The van der Waals surface area contributed by atoms with E-state index in [1.54, 1.807) is 0 Å². The molecule has 11 nitrogen and oxygen atoms in total. The third kappa shape index (κ3) is 8.14. The first-order valence-electron chi connectivity index (χ1n) is 22.8. The van der Waals surface area contributed by atoms with Crippen molar-refractivity contribution >= 4 is 39.3 Å². The normalized spacial score (nSPS) is 30.3. The number of ketones is 2.